The highest BCUT2D eigenvalue weighted by molar-refractivity contribution is 6.09. The first kappa shape index (κ1) is 14.0. The SMILES string of the molecule is CCN(C(=O)c1cnccc1NC)c1ccc(F)cc1. The van der Waals surface area contributed by atoms with Gasteiger partial charge in [0.2, 0.25) is 0 Å². The largest absolute Gasteiger partial charge is 0.387 e. The molecule has 1 heterocycles. The topological polar surface area (TPSA) is 45.2 Å². The molecule has 0 atom stereocenters. The second kappa shape index (κ2) is 6.14. The lowest BCUT2D eigenvalue weighted by Crippen LogP contribution is -2.31. The highest BCUT2D eigenvalue weighted by atomic mass is 19.1. The van der Waals surface area contributed by atoms with E-state index in [1.165, 1.54) is 18.3 Å². The van der Waals surface area contributed by atoms with E-state index in [0.29, 0.717) is 23.5 Å². The number of carbonyl (C=O) groups is 1. The van der Waals surface area contributed by atoms with Crippen molar-refractivity contribution in [3.05, 3.63) is 54.1 Å². The summed E-state index contributed by atoms with van der Waals surface area (Å²) < 4.78 is 13.0. The van der Waals surface area contributed by atoms with Crippen LogP contribution in [0.4, 0.5) is 15.8 Å². The minimum atomic E-state index is -0.324. The van der Waals surface area contributed by atoms with Gasteiger partial charge in [0, 0.05) is 37.4 Å². The van der Waals surface area contributed by atoms with Gasteiger partial charge in [-0.25, -0.2) is 4.39 Å². The third-order valence-electron chi connectivity index (χ3n) is 3.02. The number of amides is 1. The maximum atomic E-state index is 13.0. The number of anilines is 2. The lowest BCUT2D eigenvalue weighted by Gasteiger charge is -2.22. The summed E-state index contributed by atoms with van der Waals surface area (Å²) in [6, 6.07) is 7.60. The van der Waals surface area contributed by atoms with E-state index in [1.807, 2.05) is 6.92 Å². The maximum Gasteiger partial charge on any atom is 0.261 e. The third-order valence-corrected chi connectivity index (χ3v) is 3.02. The van der Waals surface area contributed by atoms with Crippen molar-refractivity contribution in [1.29, 1.82) is 0 Å². The van der Waals surface area contributed by atoms with Crippen molar-refractivity contribution in [2.24, 2.45) is 0 Å². The third kappa shape index (κ3) is 2.77. The number of hydrogen-bond donors (Lipinski definition) is 1. The molecule has 4 nitrogen and oxygen atoms in total. The Kier molecular flexibility index (Phi) is 4.30. The Bertz CT molecular complexity index is 598. The van der Waals surface area contributed by atoms with Crippen molar-refractivity contribution < 1.29 is 9.18 Å². The fraction of sp³-hybridized carbons (Fsp3) is 0.200. The zero-order chi connectivity index (χ0) is 14.5. The van der Waals surface area contributed by atoms with Gasteiger partial charge >= 0.3 is 0 Å². The van der Waals surface area contributed by atoms with E-state index in [0.717, 1.165) is 0 Å². The quantitative estimate of drug-likeness (QED) is 0.931. The molecule has 0 fully saturated rings. The summed E-state index contributed by atoms with van der Waals surface area (Å²) in [4.78, 5) is 18.2. The van der Waals surface area contributed by atoms with Gasteiger partial charge in [-0.05, 0) is 37.3 Å². The normalized spacial score (nSPS) is 10.2. The first-order valence-electron chi connectivity index (χ1n) is 6.36. The van der Waals surface area contributed by atoms with Gasteiger partial charge in [-0.3, -0.25) is 9.78 Å². The molecule has 5 heteroatoms. The highest BCUT2D eigenvalue weighted by Crippen LogP contribution is 2.21. The summed E-state index contributed by atoms with van der Waals surface area (Å²) in [6.07, 6.45) is 3.15. The molecule has 2 rings (SSSR count). The van der Waals surface area contributed by atoms with Crippen LogP contribution < -0.4 is 10.2 Å². The molecule has 1 aromatic carbocycles. The van der Waals surface area contributed by atoms with E-state index in [4.69, 9.17) is 0 Å². The molecule has 2 aromatic rings. The Morgan fingerprint density at radius 2 is 2.00 bits per heavy atom. The Morgan fingerprint density at radius 3 is 2.60 bits per heavy atom. The van der Waals surface area contributed by atoms with Gasteiger partial charge in [-0.1, -0.05) is 0 Å². The van der Waals surface area contributed by atoms with Crippen molar-refractivity contribution in [2.75, 3.05) is 23.8 Å². The van der Waals surface area contributed by atoms with Gasteiger partial charge in [0.15, 0.2) is 0 Å². The lowest BCUT2D eigenvalue weighted by molar-refractivity contribution is 0.0988. The minimum Gasteiger partial charge on any atom is -0.387 e. The van der Waals surface area contributed by atoms with Crippen molar-refractivity contribution in [3.63, 3.8) is 0 Å². The van der Waals surface area contributed by atoms with Crippen LogP contribution in [0.1, 0.15) is 17.3 Å². The Balaban J connectivity index is 2.36. The van der Waals surface area contributed by atoms with Crippen LogP contribution in [-0.2, 0) is 0 Å². The van der Waals surface area contributed by atoms with E-state index >= 15 is 0 Å². The summed E-state index contributed by atoms with van der Waals surface area (Å²) in [5, 5.41) is 2.97. The summed E-state index contributed by atoms with van der Waals surface area (Å²) >= 11 is 0. The van der Waals surface area contributed by atoms with Crippen molar-refractivity contribution in [3.8, 4) is 0 Å². The van der Waals surface area contributed by atoms with Crippen molar-refractivity contribution >= 4 is 17.3 Å². The van der Waals surface area contributed by atoms with Gasteiger partial charge < -0.3 is 10.2 Å². The lowest BCUT2D eigenvalue weighted by atomic mass is 10.2. The first-order valence-corrected chi connectivity index (χ1v) is 6.36. The molecule has 0 saturated carbocycles. The first-order chi connectivity index (χ1) is 9.67. The van der Waals surface area contributed by atoms with Crippen LogP contribution in [0, 0.1) is 5.82 Å². The minimum absolute atomic E-state index is 0.170. The fourth-order valence-electron chi connectivity index (χ4n) is 1.99. The molecular formula is C15H16FN3O. The van der Waals surface area contributed by atoms with E-state index < -0.39 is 0 Å². The monoisotopic (exact) mass is 273 g/mol. The van der Waals surface area contributed by atoms with E-state index in [2.05, 4.69) is 10.3 Å². The van der Waals surface area contributed by atoms with Crippen molar-refractivity contribution in [2.45, 2.75) is 6.92 Å². The number of carbonyl (C=O) groups excluding carboxylic acids is 1. The highest BCUT2D eigenvalue weighted by Gasteiger charge is 2.19. The molecule has 0 unspecified atom stereocenters. The summed E-state index contributed by atoms with van der Waals surface area (Å²) in [6.45, 7) is 2.36. The maximum absolute atomic E-state index is 13.0. The average molecular weight is 273 g/mol. The summed E-state index contributed by atoms with van der Waals surface area (Å²) in [5.41, 5.74) is 1.86. The van der Waals surface area contributed by atoms with E-state index in [1.54, 1.807) is 36.3 Å². The molecule has 20 heavy (non-hydrogen) atoms. The molecular weight excluding hydrogens is 257 g/mol. The van der Waals surface area contributed by atoms with Gasteiger partial charge in [0.1, 0.15) is 5.82 Å². The summed E-state index contributed by atoms with van der Waals surface area (Å²) in [7, 11) is 1.75. The zero-order valence-electron chi connectivity index (χ0n) is 11.4. The molecule has 0 aliphatic carbocycles. The molecule has 0 aliphatic heterocycles. The predicted molar refractivity (Wildman–Crippen MR) is 77.5 cm³/mol. The number of aromatic nitrogens is 1. The molecule has 0 bridgehead atoms. The molecule has 0 radical (unpaired) electrons. The number of nitrogens with zero attached hydrogens (tertiary/aromatic N) is 2. The number of halogens is 1. The second-order valence-corrected chi connectivity index (χ2v) is 4.20. The van der Waals surface area contributed by atoms with Gasteiger partial charge in [-0.15, -0.1) is 0 Å². The second-order valence-electron chi connectivity index (χ2n) is 4.20. The smallest absolute Gasteiger partial charge is 0.261 e. The van der Waals surface area contributed by atoms with Crippen LogP contribution in [0.15, 0.2) is 42.7 Å². The van der Waals surface area contributed by atoms with Crippen LogP contribution in [0.5, 0.6) is 0 Å². The molecule has 1 aromatic heterocycles. The van der Waals surface area contributed by atoms with Gasteiger partial charge in [-0.2, -0.15) is 0 Å². The predicted octanol–water partition coefficient (Wildman–Crippen LogP) is 2.93. The molecule has 0 saturated heterocycles. The molecule has 0 aliphatic rings. The van der Waals surface area contributed by atoms with Crippen LogP contribution in [0.3, 0.4) is 0 Å². The number of nitrogens with one attached hydrogen (secondary N) is 1. The number of pyridine rings is 1. The average Bonchev–Trinajstić information content (AvgIpc) is 2.49. The van der Waals surface area contributed by atoms with E-state index in [-0.39, 0.29) is 11.7 Å². The van der Waals surface area contributed by atoms with Gasteiger partial charge in [0.25, 0.3) is 5.91 Å². The summed E-state index contributed by atoms with van der Waals surface area (Å²) in [5.74, 6) is -0.494. The van der Waals surface area contributed by atoms with E-state index in [9.17, 15) is 9.18 Å². The Morgan fingerprint density at radius 1 is 1.30 bits per heavy atom. The van der Waals surface area contributed by atoms with Crippen LogP contribution in [0.25, 0.3) is 0 Å². The Labute approximate surface area is 117 Å². The van der Waals surface area contributed by atoms with Gasteiger partial charge in [0.05, 0.1) is 5.56 Å². The van der Waals surface area contributed by atoms with Crippen LogP contribution >= 0.6 is 0 Å². The van der Waals surface area contributed by atoms with Crippen LogP contribution in [-0.4, -0.2) is 24.5 Å². The van der Waals surface area contributed by atoms with Crippen LogP contribution in [0.2, 0.25) is 0 Å². The molecule has 0 spiro atoms. The number of hydrogen-bond acceptors (Lipinski definition) is 3. The molecule has 104 valence electrons. The standard InChI is InChI=1S/C15H16FN3O/c1-3-19(12-6-4-11(16)5-7-12)15(20)13-10-18-9-8-14(13)17-2/h4-10H,3H2,1-2H3,(H,17,18). The van der Waals surface area contributed by atoms with Crippen molar-refractivity contribution in [1.82, 2.24) is 4.98 Å². The molecule has 1 amide bonds. The number of benzene rings is 1. The number of rotatable bonds is 4. The Hall–Kier alpha value is -2.43. The fourth-order valence-corrected chi connectivity index (χ4v) is 1.99. The molecule has 1 N–H and O–H groups in total. The zero-order valence-corrected chi connectivity index (χ0v) is 11.4.